The summed E-state index contributed by atoms with van der Waals surface area (Å²) in [5.74, 6) is 0.657. The van der Waals surface area contributed by atoms with Crippen molar-refractivity contribution < 1.29 is 0 Å². The highest BCUT2D eigenvalue weighted by Crippen LogP contribution is 1.94. The lowest BCUT2D eigenvalue weighted by Gasteiger charge is -1.93. The van der Waals surface area contributed by atoms with Gasteiger partial charge in [-0.1, -0.05) is 0 Å². The average Bonchev–Trinajstić information content (AvgIpc) is 2.58. The Morgan fingerprint density at radius 3 is 3.00 bits per heavy atom. The van der Waals surface area contributed by atoms with Crippen molar-refractivity contribution in [3.8, 4) is 5.82 Å². The highest BCUT2D eigenvalue weighted by Gasteiger charge is 1.95. The van der Waals surface area contributed by atoms with Crippen LogP contribution in [-0.4, -0.2) is 30.2 Å². The zero-order valence-corrected chi connectivity index (χ0v) is 5.49. The summed E-state index contributed by atoms with van der Waals surface area (Å²) in [5.41, 5.74) is 0. The van der Waals surface area contributed by atoms with Crippen molar-refractivity contribution in [3.05, 3.63) is 24.9 Å². The van der Waals surface area contributed by atoms with Gasteiger partial charge in [0.2, 0.25) is 0 Å². The number of tetrazole rings is 1. The summed E-state index contributed by atoms with van der Waals surface area (Å²) in [4.78, 5) is 7.69. The summed E-state index contributed by atoms with van der Waals surface area (Å²) >= 11 is 0. The van der Waals surface area contributed by atoms with Gasteiger partial charge < -0.3 is 0 Å². The Bertz CT molecular complexity index is 314. The molecule has 0 unspecified atom stereocenters. The smallest absolute Gasteiger partial charge is 0.160 e. The molecule has 2 aromatic heterocycles. The third-order valence-electron chi connectivity index (χ3n) is 1.15. The minimum absolute atomic E-state index is 0.657. The van der Waals surface area contributed by atoms with E-state index in [9.17, 15) is 0 Å². The maximum Gasteiger partial charge on any atom is 0.160 e. The largest absolute Gasteiger partial charge is 0.245 e. The van der Waals surface area contributed by atoms with E-state index in [1.165, 1.54) is 17.3 Å². The van der Waals surface area contributed by atoms with Crippen LogP contribution in [-0.2, 0) is 0 Å². The number of hydrogen-bond acceptors (Lipinski definition) is 5. The summed E-state index contributed by atoms with van der Waals surface area (Å²) in [5, 5.41) is 10.6. The second-order valence-electron chi connectivity index (χ2n) is 1.82. The molecule has 0 fully saturated rings. The van der Waals surface area contributed by atoms with Crippen LogP contribution in [0.25, 0.3) is 5.82 Å². The molecule has 2 rings (SSSR count). The first-order valence-electron chi connectivity index (χ1n) is 2.96. The van der Waals surface area contributed by atoms with Gasteiger partial charge in [-0.25, -0.2) is 9.97 Å². The van der Waals surface area contributed by atoms with Crippen LogP contribution in [0.5, 0.6) is 0 Å². The highest BCUT2D eigenvalue weighted by atomic mass is 15.5. The third-order valence-corrected chi connectivity index (χ3v) is 1.15. The van der Waals surface area contributed by atoms with Crippen LogP contribution >= 0.6 is 0 Å². The first-order chi connectivity index (χ1) is 5.47. The van der Waals surface area contributed by atoms with Crippen molar-refractivity contribution in [3.63, 3.8) is 0 Å². The van der Waals surface area contributed by atoms with Crippen LogP contribution in [0.15, 0.2) is 24.9 Å². The molecule has 0 aliphatic rings. The van der Waals surface area contributed by atoms with E-state index in [1.54, 1.807) is 12.3 Å². The fourth-order valence-electron chi connectivity index (χ4n) is 0.685. The highest BCUT2D eigenvalue weighted by molar-refractivity contribution is 5.14. The predicted molar refractivity (Wildman–Crippen MR) is 34.7 cm³/mol. The van der Waals surface area contributed by atoms with Crippen LogP contribution in [0, 0.1) is 0 Å². The Kier molecular flexibility index (Phi) is 1.29. The first-order valence-corrected chi connectivity index (χ1v) is 2.96. The van der Waals surface area contributed by atoms with E-state index in [-0.39, 0.29) is 0 Å². The van der Waals surface area contributed by atoms with Gasteiger partial charge in [0.05, 0.1) is 0 Å². The van der Waals surface area contributed by atoms with Gasteiger partial charge in [-0.3, -0.25) is 0 Å². The zero-order chi connectivity index (χ0) is 7.52. The Morgan fingerprint density at radius 2 is 2.36 bits per heavy atom. The van der Waals surface area contributed by atoms with E-state index in [4.69, 9.17) is 0 Å². The molecular formula is C5H4N6. The molecule has 2 heterocycles. The fourth-order valence-corrected chi connectivity index (χ4v) is 0.685. The Balaban J connectivity index is 2.46. The molecular weight excluding hydrogens is 144 g/mol. The number of aromatic nitrogens is 6. The van der Waals surface area contributed by atoms with E-state index in [0.717, 1.165) is 0 Å². The molecule has 6 heteroatoms. The van der Waals surface area contributed by atoms with Gasteiger partial charge in [0.25, 0.3) is 0 Å². The molecule has 54 valence electrons. The van der Waals surface area contributed by atoms with E-state index < -0.39 is 0 Å². The molecule has 6 nitrogen and oxygen atoms in total. The second-order valence-corrected chi connectivity index (χ2v) is 1.82. The van der Waals surface area contributed by atoms with Crippen molar-refractivity contribution in [1.29, 1.82) is 0 Å². The maximum atomic E-state index is 3.93. The van der Waals surface area contributed by atoms with E-state index >= 15 is 0 Å². The summed E-state index contributed by atoms with van der Waals surface area (Å²) in [6.07, 6.45) is 4.54. The topological polar surface area (TPSA) is 69.4 Å². The average molecular weight is 148 g/mol. The van der Waals surface area contributed by atoms with Gasteiger partial charge in [0.1, 0.15) is 12.7 Å². The van der Waals surface area contributed by atoms with Gasteiger partial charge >= 0.3 is 0 Å². The van der Waals surface area contributed by atoms with Crippen LogP contribution < -0.4 is 0 Å². The van der Waals surface area contributed by atoms with Crippen molar-refractivity contribution >= 4 is 0 Å². The molecule has 2 aromatic rings. The van der Waals surface area contributed by atoms with Gasteiger partial charge in [-0.15, -0.1) is 5.10 Å². The molecule has 0 saturated heterocycles. The minimum Gasteiger partial charge on any atom is -0.245 e. The molecule has 0 spiro atoms. The summed E-state index contributed by atoms with van der Waals surface area (Å²) in [6.45, 7) is 0. The molecule has 0 saturated carbocycles. The van der Waals surface area contributed by atoms with E-state index in [0.29, 0.717) is 5.82 Å². The maximum absolute atomic E-state index is 3.93. The molecule has 0 N–H and O–H groups in total. The fraction of sp³-hybridized carbons (Fsp3) is 0. The number of hydrogen-bond donors (Lipinski definition) is 0. The molecule has 0 radical (unpaired) electrons. The van der Waals surface area contributed by atoms with Crippen LogP contribution in [0.2, 0.25) is 0 Å². The normalized spacial score (nSPS) is 9.82. The van der Waals surface area contributed by atoms with Crippen molar-refractivity contribution in [2.45, 2.75) is 0 Å². The third kappa shape index (κ3) is 1.05. The van der Waals surface area contributed by atoms with Crippen molar-refractivity contribution in [2.75, 3.05) is 0 Å². The second kappa shape index (κ2) is 2.41. The SMILES string of the molecule is c1cc(-n2cnnn2)ncn1. The monoisotopic (exact) mass is 148 g/mol. The minimum atomic E-state index is 0.657. The van der Waals surface area contributed by atoms with E-state index in [1.807, 2.05) is 0 Å². The van der Waals surface area contributed by atoms with Crippen molar-refractivity contribution in [1.82, 2.24) is 30.2 Å². The molecule has 0 aliphatic carbocycles. The molecule has 11 heavy (non-hydrogen) atoms. The lowest BCUT2D eigenvalue weighted by molar-refractivity contribution is 0.767. The Labute approximate surface area is 61.9 Å². The molecule has 0 aromatic carbocycles. The lowest BCUT2D eigenvalue weighted by atomic mass is 10.6. The van der Waals surface area contributed by atoms with Gasteiger partial charge in [-0.2, -0.15) is 4.68 Å². The van der Waals surface area contributed by atoms with Gasteiger partial charge in [0, 0.05) is 12.3 Å². The van der Waals surface area contributed by atoms with Crippen LogP contribution in [0.4, 0.5) is 0 Å². The predicted octanol–water partition coefficient (Wildman–Crippen LogP) is -0.548. The standard InChI is InChI=1S/C5H4N6/c1-2-6-3-7-5(1)11-4-8-9-10-11/h1-4H. The lowest BCUT2D eigenvalue weighted by Crippen LogP contribution is -1.97. The van der Waals surface area contributed by atoms with Gasteiger partial charge in [-0.05, 0) is 10.4 Å². The zero-order valence-electron chi connectivity index (χ0n) is 5.49. The Hall–Kier alpha value is -1.85. The molecule has 0 atom stereocenters. The van der Waals surface area contributed by atoms with Gasteiger partial charge in [0.15, 0.2) is 5.82 Å². The van der Waals surface area contributed by atoms with E-state index in [2.05, 4.69) is 25.5 Å². The summed E-state index contributed by atoms with van der Waals surface area (Å²) < 4.78 is 1.46. The molecule has 0 bridgehead atoms. The molecule has 0 amide bonds. The quantitative estimate of drug-likeness (QED) is 0.542. The first kappa shape index (κ1) is 5.90. The van der Waals surface area contributed by atoms with Crippen LogP contribution in [0.1, 0.15) is 0 Å². The number of nitrogens with zero attached hydrogens (tertiary/aromatic N) is 6. The van der Waals surface area contributed by atoms with Crippen molar-refractivity contribution in [2.24, 2.45) is 0 Å². The molecule has 0 aliphatic heterocycles. The summed E-state index contributed by atoms with van der Waals surface area (Å²) in [7, 11) is 0. The number of rotatable bonds is 1. The Morgan fingerprint density at radius 1 is 1.36 bits per heavy atom. The van der Waals surface area contributed by atoms with Crippen LogP contribution in [0.3, 0.4) is 0 Å². The summed E-state index contributed by atoms with van der Waals surface area (Å²) in [6, 6.07) is 1.72.